The first-order chi connectivity index (χ1) is 9.24. The smallest absolute Gasteiger partial charge is 0.0949 e. The zero-order chi connectivity index (χ0) is 13.3. The van der Waals surface area contributed by atoms with Crippen LogP contribution in [0.15, 0.2) is 12.5 Å². The Balaban J connectivity index is 1.74. The van der Waals surface area contributed by atoms with Gasteiger partial charge in [-0.15, -0.1) is 0 Å². The minimum absolute atomic E-state index is 0.00134. The summed E-state index contributed by atoms with van der Waals surface area (Å²) < 4.78 is 13.3. The minimum Gasteiger partial charge on any atom is -0.381 e. The molecular formula is C14H23N3O2. The highest BCUT2D eigenvalue weighted by Gasteiger charge is 2.38. The number of rotatable bonds is 5. The number of hydrogen-bond acceptors (Lipinski definition) is 4. The van der Waals surface area contributed by atoms with Crippen LogP contribution in [0.3, 0.4) is 0 Å². The zero-order valence-corrected chi connectivity index (χ0v) is 11.5. The lowest BCUT2D eigenvalue weighted by atomic mass is 9.79. The first-order valence-electron chi connectivity index (χ1n) is 7.13. The van der Waals surface area contributed by atoms with Crippen molar-refractivity contribution < 1.29 is 9.47 Å². The van der Waals surface area contributed by atoms with E-state index in [1.165, 1.54) is 6.42 Å². The summed E-state index contributed by atoms with van der Waals surface area (Å²) in [5.74, 6) is 0.412. The number of imidazole rings is 1. The Morgan fingerprint density at radius 3 is 3.05 bits per heavy atom. The van der Waals surface area contributed by atoms with Crippen LogP contribution in [0.25, 0.3) is 0 Å². The molecule has 1 saturated carbocycles. The van der Waals surface area contributed by atoms with Gasteiger partial charge in [0.25, 0.3) is 0 Å². The number of nitrogens with two attached hydrogens (primary N) is 1. The van der Waals surface area contributed by atoms with E-state index in [2.05, 4.69) is 9.55 Å². The average Bonchev–Trinajstić information content (AvgIpc) is 3.04. The van der Waals surface area contributed by atoms with Crippen molar-refractivity contribution in [2.45, 2.75) is 43.9 Å². The molecule has 2 heterocycles. The van der Waals surface area contributed by atoms with Gasteiger partial charge in [-0.25, -0.2) is 4.98 Å². The summed E-state index contributed by atoms with van der Waals surface area (Å²) in [7, 11) is 1.81. The van der Waals surface area contributed by atoms with Gasteiger partial charge in [-0.05, 0) is 25.7 Å². The topological polar surface area (TPSA) is 62.3 Å². The van der Waals surface area contributed by atoms with E-state index >= 15 is 0 Å². The van der Waals surface area contributed by atoms with Crippen LogP contribution in [0.5, 0.6) is 0 Å². The zero-order valence-electron chi connectivity index (χ0n) is 11.5. The summed E-state index contributed by atoms with van der Waals surface area (Å²) in [6.45, 7) is 2.45. The van der Waals surface area contributed by atoms with Crippen LogP contribution in [0, 0.1) is 5.92 Å². The fraction of sp³-hybridized carbons (Fsp3) is 0.786. The van der Waals surface area contributed by atoms with Gasteiger partial charge in [0.05, 0.1) is 36.8 Å². The van der Waals surface area contributed by atoms with Crippen molar-refractivity contribution >= 4 is 0 Å². The highest BCUT2D eigenvalue weighted by Crippen LogP contribution is 2.37. The molecule has 106 valence electrons. The van der Waals surface area contributed by atoms with Gasteiger partial charge >= 0.3 is 0 Å². The molecule has 1 aromatic rings. The first-order valence-corrected chi connectivity index (χ1v) is 7.13. The third-order valence-electron chi connectivity index (χ3n) is 4.72. The van der Waals surface area contributed by atoms with E-state index in [1.54, 1.807) is 7.11 Å². The second kappa shape index (κ2) is 5.23. The van der Waals surface area contributed by atoms with Crippen molar-refractivity contribution in [3.05, 3.63) is 18.2 Å². The quantitative estimate of drug-likeness (QED) is 0.876. The number of aromatic nitrogens is 2. The standard InChI is InChI=1S/C14H23N3O2/c1-18-14(4-2-5-14)9-17-10-16-7-12(17)13(15)11-3-6-19-8-11/h7,10-11,13H,2-6,8-9,15H2,1H3. The molecule has 5 nitrogen and oxygen atoms in total. The Kier molecular flexibility index (Phi) is 3.60. The molecule has 3 rings (SSSR count). The summed E-state index contributed by atoms with van der Waals surface area (Å²) in [4.78, 5) is 4.28. The third kappa shape index (κ3) is 2.42. The van der Waals surface area contributed by atoms with Crippen molar-refractivity contribution in [3.63, 3.8) is 0 Å². The molecule has 0 amide bonds. The van der Waals surface area contributed by atoms with Gasteiger partial charge in [0, 0.05) is 25.8 Å². The highest BCUT2D eigenvalue weighted by molar-refractivity contribution is 5.08. The second-order valence-electron chi connectivity index (χ2n) is 5.84. The Hall–Kier alpha value is -0.910. The van der Waals surface area contributed by atoms with Gasteiger partial charge in [-0.3, -0.25) is 0 Å². The Labute approximate surface area is 114 Å². The average molecular weight is 265 g/mol. The Morgan fingerprint density at radius 1 is 1.63 bits per heavy atom. The largest absolute Gasteiger partial charge is 0.381 e. The summed E-state index contributed by atoms with van der Waals surface area (Å²) in [6, 6.07) is 0.0129. The highest BCUT2D eigenvalue weighted by atomic mass is 16.5. The van der Waals surface area contributed by atoms with E-state index in [-0.39, 0.29) is 11.6 Å². The van der Waals surface area contributed by atoms with Crippen molar-refractivity contribution in [2.75, 3.05) is 20.3 Å². The second-order valence-corrected chi connectivity index (χ2v) is 5.84. The minimum atomic E-state index is 0.00134. The molecule has 2 atom stereocenters. The van der Waals surface area contributed by atoms with Crippen LogP contribution >= 0.6 is 0 Å². The number of hydrogen-bond donors (Lipinski definition) is 1. The maximum Gasteiger partial charge on any atom is 0.0949 e. The van der Waals surface area contributed by atoms with E-state index in [9.17, 15) is 0 Å². The predicted octanol–water partition coefficient (Wildman–Crippen LogP) is 1.49. The molecule has 2 N–H and O–H groups in total. The molecule has 0 bridgehead atoms. The fourth-order valence-electron chi connectivity index (χ4n) is 3.13. The number of methoxy groups -OCH3 is 1. The SMILES string of the molecule is COC1(Cn2cncc2C(N)C2CCOC2)CCC1. The molecule has 0 aromatic carbocycles. The first kappa shape index (κ1) is 13.1. The van der Waals surface area contributed by atoms with E-state index in [1.807, 2.05) is 12.5 Å². The Morgan fingerprint density at radius 2 is 2.47 bits per heavy atom. The molecule has 2 unspecified atom stereocenters. The van der Waals surface area contributed by atoms with Crippen LogP contribution in [-0.2, 0) is 16.0 Å². The van der Waals surface area contributed by atoms with E-state index in [0.717, 1.165) is 44.7 Å². The van der Waals surface area contributed by atoms with Gasteiger partial charge < -0.3 is 19.8 Å². The normalized spacial score (nSPS) is 27.2. The van der Waals surface area contributed by atoms with Gasteiger partial charge in [0.15, 0.2) is 0 Å². The van der Waals surface area contributed by atoms with Gasteiger partial charge in [0.2, 0.25) is 0 Å². The molecule has 19 heavy (non-hydrogen) atoms. The summed E-state index contributed by atoms with van der Waals surface area (Å²) in [5.41, 5.74) is 7.50. The lowest BCUT2D eigenvalue weighted by molar-refractivity contribution is -0.0841. The molecule has 1 aromatic heterocycles. The molecule has 5 heteroatoms. The number of ether oxygens (including phenoxy) is 2. The monoisotopic (exact) mass is 265 g/mol. The van der Waals surface area contributed by atoms with Crippen molar-refractivity contribution in [2.24, 2.45) is 11.7 Å². The number of nitrogens with zero attached hydrogens (tertiary/aromatic N) is 2. The molecule has 1 aliphatic carbocycles. The maximum absolute atomic E-state index is 6.38. The summed E-state index contributed by atoms with van der Waals surface area (Å²) in [5, 5.41) is 0. The molecule has 0 spiro atoms. The molecular weight excluding hydrogens is 242 g/mol. The molecule has 1 saturated heterocycles. The van der Waals surface area contributed by atoms with Crippen LogP contribution in [0.4, 0.5) is 0 Å². The van der Waals surface area contributed by atoms with E-state index < -0.39 is 0 Å². The van der Waals surface area contributed by atoms with Crippen molar-refractivity contribution in [1.82, 2.24) is 9.55 Å². The van der Waals surface area contributed by atoms with Crippen LogP contribution in [0.1, 0.15) is 37.4 Å². The molecule has 2 fully saturated rings. The predicted molar refractivity (Wildman–Crippen MR) is 71.7 cm³/mol. The van der Waals surface area contributed by atoms with Gasteiger partial charge in [-0.1, -0.05) is 0 Å². The van der Waals surface area contributed by atoms with Crippen molar-refractivity contribution in [1.29, 1.82) is 0 Å². The van der Waals surface area contributed by atoms with Crippen LogP contribution < -0.4 is 5.73 Å². The summed E-state index contributed by atoms with van der Waals surface area (Å²) >= 11 is 0. The van der Waals surface area contributed by atoms with Crippen molar-refractivity contribution in [3.8, 4) is 0 Å². The van der Waals surface area contributed by atoms with Gasteiger partial charge in [-0.2, -0.15) is 0 Å². The third-order valence-corrected chi connectivity index (χ3v) is 4.72. The lowest BCUT2D eigenvalue weighted by Crippen LogP contribution is -2.43. The van der Waals surface area contributed by atoms with Gasteiger partial charge in [0.1, 0.15) is 0 Å². The summed E-state index contributed by atoms with van der Waals surface area (Å²) in [6.07, 6.45) is 8.32. The molecule has 0 radical (unpaired) electrons. The van der Waals surface area contributed by atoms with Crippen LogP contribution in [-0.4, -0.2) is 35.5 Å². The fourth-order valence-corrected chi connectivity index (χ4v) is 3.13. The Bertz CT molecular complexity index is 417. The van der Waals surface area contributed by atoms with E-state index in [0.29, 0.717) is 5.92 Å². The molecule has 1 aliphatic heterocycles. The lowest BCUT2D eigenvalue weighted by Gasteiger charge is -2.41. The van der Waals surface area contributed by atoms with Crippen LogP contribution in [0.2, 0.25) is 0 Å². The van der Waals surface area contributed by atoms with E-state index in [4.69, 9.17) is 15.2 Å². The molecule has 2 aliphatic rings. The maximum atomic E-state index is 6.38.